The van der Waals surface area contributed by atoms with Crippen molar-refractivity contribution >= 4 is 28.6 Å². The monoisotopic (exact) mass is 591 g/mol. The summed E-state index contributed by atoms with van der Waals surface area (Å²) in [5.74, 6) is -0.242. The van der Waals surface area contributed by atoms with Gasteiger partial charge in [0.1, 0.15) is 11.6 Å². The Hall–Kier alpha value is -3.66. The molecule has 3 aromatic carbocycles. The lowest BCUT2D eigenvalue weighted by molar-refractivity contribution is -0.0712. The van der Waals surface area contributed by atoms with Crippen LogP contribution in [0, 0.1) is 5.82 Å². The Bertz CT molecular complexity index is 1680. The molecule has 0 aliphatic carbocycles. The van der Waals surface area contributed by atoms with E-state index in [0.717, 1.165) is 61.4 Å². The fourth-order valence-corrected chi connectivity index (χ4v) is 6.46. The number of aromatic carboxylic acids is 1. The van der Waals surface area contributed by atoms with E-state index in [1.165, 1.54) is 6.07 Å². The van der Waals surface area contributed by atoms with Gasteiger partial charge in [-0.15, -0.1) is 0 Å². The molecular formula is C32H31ClFN3O5. The highest BCUT2D eigenvalue weighted by Gasteiger charge is 2.43. The molecule has 4 heterocycles. The predicted octanol–water partition coefficient (Wildman–Crippen LogP) is 6.34. The third kappa shape index (κ3) is 4.89. The number of ether oxygens (including phenoxy) is 3. The summed E-state index contributed by atoms with van der Waals surface area (Å²) in [5.41, 5.74) is 3.24. The van der Waals surface area contributed by atoms with E-state index in [2.05, 4.69) is 15.5 Å². The molecule has 3 aliphatic heterocycles. The molecule has 2 saturated heterocycles. The van der Waals surface area contributed by atoms with Crippen molar-refractivity contribution in [3.05, 3.63) is 88.0 Å². The van der Waals surface area contributed by atoms with Gasteiger partial charge in [-0.2, -0.15) is 0 Å². The van der Waals surface area contributed by atoms with Gasteiger partial charge in [-0.25, -0.2) is 14.2 Å². The summed E-state index contributed by atoms with van der Waals surface area (Å²) in [6.07, 6.45) is 2.94. The molecule has 1 N–H and O–H groups in total. The molecule has 4 aromatic rings. The fourth-order valence-electron chi connectivity index (χ4n) is 6.30. The molecular weight excluding hydrogens is 561 g/mol. The van der Waals surface area contributed by atoms with Gasteiger partial charge in [0, 0.05) is 24.1 Å². The van der Waals surface area contributed by atoms with Crippen LogP contribution in [-0.2, 0) is 23.6 Å². The number of carboxylic acids is 1. The van der Waals surface area contributed by atoms with Crippen LogP contribution < -0.4 is 9.47 Å². The first-order valence-corrected chi connectivity index (χ1v) is 14.7. The van der Waals surface area contributed by atoms with Crippen LogP contribution in [0.4, 0.5) is 4.39 Å². The van der Waals surface area contributed by atoms with E-state index < -0.39 is 17.6 Å². The van der Waals surface area contributed by atoms with Gasteiger partial charge in [-0.1, -0.05) is 23.7 Å². The van der Waals surface area contributed by atoms with Crippen LogP contribution in [0.25, 0.3) is 11.0 Å². The molecule has 1 unspecified atom stereocenters. The molecule has 0 bridgehead atoms. The first kappa shape index (κ1) is 27.2. The summed E-state index contributed by atoms with van der Waals surface area (Å²) in [6, 6.07) is 15.5. The molecule has 42 heavy (non-hydrogen) atoms. The van der Waals surface area contributed by atoms with Crippen LogP contribution in [0.3, 0.4) is 0 Å². The number of piperidine rings is 1. The zero-order valence-electron chi connectivity index (χ0n) is 23.2. The molecule has 2 atom stereocenters. The number of halogens is 2. The minimum Gasteiger partial charge on any atom is -0.478 e. The summed E-state index contributed by atoms with van der Waals surface area (Å²) < 4.78 is 35.2. The maximum Gasteiger partial charge on any atom is 0.335 e. The number of imidazole rings is 1. The molecule has 0 radical (unpaired) electrons. The van der Waals surface area contributed by atoms with Gasteiger partial charge in [0.25, 0.3) is 5.79 Å². The smallest absolute Gasteiger partial charge is 0.335 e. The van der Waals surface area contributed by atoms with Crippen LogP contribution in [0.15, 0.2) is 54.6 Å². The highest BCUT2D eigenvalue weighted by molar-refractivity contribution is 6.30. The zero-order valence-corrected chi connectivity index (χ0v) is 23.9. The summed E-state index contributed by atoms with van der Waals surface area (Å²) >= 11 is 5.97. The average Bonchev–Trinajstić information content (AvgIpc) is 3.47. The van der Waals surface area contributed by atoms with Crippen LogP contribution in [0.5, 0.6) is 11.5 Å². The number of benzene rings is 3. The maximum absolute atomic E-state index is 14.8. The molecule has 7 rings (SSSR count). The average molecular weight is 592 g/mol. The topological polar surface area (TPSA) is 86.1 Å². The summed E-state index contributed by atoms with van der Waals surface area (Å²) in [7, 11) is 0. The second-order valence-corrected chi connectivity index (χ2v) is 11.9. The van der Waals surface area contributed by atoms with E-state index in [-0.39, 0.29) is 17.6 Å². The van der Waals surface area contributed by atoms with E-state index in [1.54, 1.807) is 37.3 Å². The Morgan fingerprint density at radius 3 is 2.64 bits per heavy atom. The van der Waals surface area contributed by atoms with Crippen molar-refractivity contribution in [2.75, 3.05) is 19.7 Å². The molecule has 1 aromatic heterocycles. The Labute approximate surface area is 247 Å². The van der Waals surface area contributed by atoms with Crippen molar-refractivity contribution < 1.29 is 28.5 Å². The van der Waals surface area contributed by atoms with E-state index in [9.17, 15) is 14.3 Å². The number of fused-ring (bicyclic) bond motifs is 2. The Morgan fingerprint density at radius 2 is 1.93 bits per heavy atom. The summed E-state index contributed by atoms with van der Waals surface area (Å²) in [6.45, 7) is 5.53. The number of para-hydroxylation sites is 1. The lowest BCUT2D eigenvalue weighted by atomic mass is 9.88. The lowest BCUT2D eigenvalue weighted by Crippen LogP contribution is -2.35. The van der Waals surface area contributed by atoms with Crippen LogP contribution in [0.2, 0.25) is 5.02 Å². The Balaban J connectivity index is 1.08. The van der Waals surface area contributed by atoms with Crippen molar-refractivity contribution in [3.8, 4) is 11.5 Å². The van der Waals surface area contributed by atoms with E-state index in [0.29, 0.717) is 35.2 Å². The number of carbonyl (C=O) groups is 1. The Morgan fingerprint density at radius 1 is 1.12 bits per heavy atom. The van der Waals surface area contributed by atoms with Crippen molar-refractivity contribution in [2.45, 2.75) is 57.1 Å². The maximum atomic E-state index is 14.8. The summed E-state index contributed by atoms with van der Waals surface area (Å²) in [5, 5.41) is 9.85. The number of likely N-dealkylation sites (tertiary alicyclic amines) is 1. The first-order chi connectivity index (χ1) is 20.3. The summed E-state index contributed by atoms with van der Waals surface area (Å²) in [4.78, 5) is 18.9. The van der Waals surface area contributed by atoms with Gasteiger partial charge >= 0.3 is 5.97 Å². The van der Waals surface area contributed by atoms with Gasteiger partial charge in [0.2, 0.25) is 0 Å². The number of hydrogen-bond donors (Lipinski definition) is 1. The minimum absolute atomic E-state index is 0.120. The number of hydrogen-bond acceptors (Lipinski definition) is 6. The van der Waals surface area contributed by atoms with Crippen LogP contribution in [0.1, 0.15) is 59.4 Å². The van der Waals surface area contributed by atoms with Crippen molar-refractivity contribution in [2.24, 2.45) is 0 Å². The molecule has 10 heteroatoms. The van der Waals surface area contributed by atoms with E-state index in [1.807, 2.05) is 12.1 Å². The van der Waals surface area contributed by atoms with Crippen molar-refractivity contribution in [1.29, 1.82) is 0 Å². The highest BCUT2D eigenvalue weighted by atomic mass is 35.5. The minimum atomic E-state index is -1.28. The first-order valence-electron chi connectivity index (χ1n) is 14.3. The lowest BCUT2D eigenvalue weighted by Gasteiger charge is -2.33. The zero-order chi connectivity index (χ0) is 29.0. The molecule has 2 fully saturated rings. The standard InChI is InChI=1S/C32H31ClFN3O5/c1-32(24-7-6-21(33)16-25(24)34)41-28-4-2-3-23(30(28)42-32)19-9-12-36(13-10-19)18-29-35-26-8-5-20(31(38)39)15-27(26)37(29)17-22-11-14-40-22/h2-8,15-16,19,22H,9-14,17-18H2,1H3,(H,38,39)/t22-,32?/m0/s1. The number of aromatic nitrogens is 2. The van der Waals surface area contributed by atoms with Gasteiger partial charge in [-0.05, 0) is 80.7 Å². The van der Waals surface area contributed by atoms with E-state index >= 15 is 0 Å². The number of rotatable bonds is 7. The molecule has 3 aliphatic rings. The van der Waals surface area contributed by atoms with Gasteiger partial charge in [0.15, 0.2) is 11.5 Å². The molecule has 218 valence electrons. The van der Waals surface area contributed by atoms with Gasteiger partial charge in [-0.3, -0.25) is 4.90 Å². The van der Waals surface area contributed by atoms with Crippen molar-refractivity contribution in [1.82, 2.24) is 14.5 Å². The van der Waals surface area contributed by atoms with Gasteiger partial charge in [0.05, 0.1) is 41.4 Å². The molecule has 8 nitrogen and oxygen atoms in total. The second kappa shape index (κ2) is 10.6. The third-order valence-electron chi connectivity index (χ3n) is 8.68. The molecule has 0 amide bonds. The van der Waals surface area contributed by atoms with Crippen LogP contribution >= 0.6 is 11.6 Å². The SMILES string of the molecule is CC1(c2ccc(Cl)cc2F)Oc2cccc(C3CCN(Cc4nc5ccc(C(=O)O)cc5n4C[C@@H]4CCO4)CC3)c2O1. The quantitative estimate of drug-likeness (QED) is 0.268. The van der Waals surface area contributed by atoms with Crippen LogP contribution in [-0.4, -0.2) is 51.3 Å². The number of carboxylic acid groups (broad SMARTS) is 1. The van der Waals surface area contributed by atoms with Gasteiger partial charge < -0.3 is 23.9 Å². The normalized spacial score (nSPS) is 22.4. The fraction of sp³-hybridized carbons (Fsp3) is 0.375. The third-order valence-corrected chi connectivity index (χ3v) is 8.91. The highest BCUT2D eigenvalue weighted by Crippen LogP contribution is 2.49. The molecule has 0 spiro atoms. The number of nitrogens with zero attached hydrogens (tertiary/aromatic N) is 3. The predicted molar refractivity (Wildman–Crippen MR) is 155 cm³/mol. The van der Waals surface area contributed by atoms with E-state index in [4.69, 9.17) is 30.8 Å². The largest absolute Gasteiger partial charge is 0.478 e. The van der Waals surface area contributed by atoms with Crippen molar-refractivity contribution in [3.63, 3.8) is 0 Å². The second-order valence-electron chi connectivity index (χ2n) is 11.4. The molecule has 0 saturated carbocycles. The Kier molecular flexibility index (Phi) is 6.84.